The van der Waals surface area contributed by atoms with E-state index < -0.39 is 11.7 Å². The van der Waals surface area contributed by atoms with Crippen molar-refractivity contribution in [2.24, 2.45) is 5.73 Å². The van der Waals surface area contributed by atoms with Crippen LogP contribution in [0.15, 0.2) is 18.2 Å². The maximum absolute atomic E-state index is 12.8. The molecule has 1 aromatic carbocycles. The first kappa shape index (κ1) is 15.6. The van der Waals surface area contributed by atoms with Crippen molar-refractivity contribution in [3.05, 3.63) is 29.3 Å². The summed E-state index contributed by atoms with van der Waals surface area (Å²) in [5.41, 5.74) is 5.30. The average molecular weight is 301 g/mol. The molecule has 116 valence electrons. The molecule has 4 nitrogen and oxygen atoms in total. The van der Waals surface area contributed by atoms with Crippen LogP contribution in [0.3, 0.4) is 0 Å². The number of nitrogens with zero attached hydrogens (tertiary/aromatic N) is 1. The van der Waals surface area contributed by atoms with Crippen LogP contribution in [0, 0.1) is 5.41 Å². The van der Waals surface area contributed by atoms with Crippen LogP contribution in [0.2, 0.25) is 0 Å². The first-order valence-corrected chi connectivity index (χ1v) is 6.64. The Labute approximate surface area is 121 Å². The van der Waals surface area contributed by atoms with Gasteiger partial charge in [0.2, 0.25) is 0 Å². The predicted molar refractivity (Wildman–Crippen MR) is 74.7 cm³/mol. The summed E-state index contributed by atoms with van der Waals surface area (Å²) in [6, 6.07) is 3.33. The second kappa shape index (κ2) is 5.55. The van der Waals surface area contributed by atoms with E-state index in [1.807, 2.05) is 18.7 Å². The van der Waals surface area contributed by atoms with Crippen LogP contribution in [0.5, 0.6) is 0 Å². The van der Waals surface area contributed by atoms with Gasteiger partial charge in [-0.3, -0.25) is 5.41 Å². The molecule has 0 unspecified atom stereocenters. The zero-order chi connectivity index (χ0) is 15.8. The van der Waals surface area contributed by atoms with E-state index in [1.54, 1.807) is 0 Å². The van der Waals surface area contributed by atoms with Gasteiger partial charge in [-0.25, -0.2) is 0 Å². The van der Waals surface area contributed by atoms with Crippen molar-refractivity contribution in [3.63, 3.8) is 0 Å². The molecule has 1 aliphatic rings. The Morgan fingerprint density at radius 3 is 2.33 bits per heavy atom. The lowest BCUT2D eigenvalue weighted by Gasteiger charge is -2.37. The van der Waals surface area contributed by atoms with Crippen LogP contribution in [0.25, 0.3) is 0 Å². The standard InChI is InChI=1S/C14H18F3N3O/c1-8-6-20(7-9(2)21-8)12-4-3-10(14(15,16)17)5-11(12)13(18)19/h3-5,8-9H,6-7H2,1-2H3,(H3,18,19)/t8-,9+. The highest BCUT2D eigenvalue weighted by atomic mass is 19.4. The normalized spacial score (nSPS) is 23.2. The third kappa shape index (κ3) is 3.47. The van der Waals surface area contributed by atoms with Crippen LogP contribution < -0.4 is 10.6 Å². The first-order chi connectivity index (χ1) is 9.68. The fraction of sp³-hybridized carbons (Fsp3) is 0.500. The smallest absolute Gasteiger partial charge is 0.384 e. The van der Waals surface area contributed by atoms with E-state index in [0.717, 1.165) is 12.1 Å². The second-order valence-corrected chi connectivity index (χ2v) is 5.31. The van der Waals surface area contributed by atoms with Gasteiger partial charge in [0.1, 0.15) is 5.84 Å². The molecule has 1 saturated heterocycles. The molecule has 0 aliphatic carbocycles. The van der Waals surface area contributed by atoms with E-state index in [0.29, 0.717) is 18.8 Å². The molecule has 0 amide bonds. The molecule has 2 rings (SSSR count). The summed E-state index contributed by atoms with van der Waals surface area (Å²) in [5, 5.41) is 7.55. The molecule has 0 radical (unpaired) electrons. The summed E-state index contributed by atoms with van der Waals surface area (Å²) in [6.07, 6.45) is -4.51. The lowest BCUT2D eigenvalue weighted by molar-refractivity contribution is -0.137. The van der Waals surface area contributed by atoms with Gasteiger partial charge in [-0.2, -0.15) is 13.2 Å². The summed E-state index contributed by atoms with van der Waals surface area (Å²) in [5.74, 6) is -0.372. The number of alkyl halides is 3. The highest BCUT2D eigenvalue weighted by Crippen LogP contribution is 2.33. The molecule has 1 heterocycles. The SMILES string of the molecule is C[C@@H]1CN(c2ccc(C(F)(F)F)cc2C(=N)N)C[C@H](C)O1. The Hall–Kier alpha value is -1.76. The van der Waals surface area contributed by atoms with Gasteiger partial charge in [-0.05, 0) is 32.0 Å². The summed E-state index contributed by atoms with van der Waals surface area (Å²) in [6.45, 7) is 4.91. The Morgan fingerprint density at radius 2 is 1.86 bits per heavy atom. The summed E-state index contributed by atoms with van der Waals surface area (Å²) < 4.78 is 44.0. The van der Waals surface area contributed by atoms with Gasteiger partial charge in [-0.1, -0.05) is 0 Å². The van der Waals surface area contributed by atoms with Gasteiger partial charge >= 0.3 is 6.18 Å². The molecule has 7 heteroatoms. The third-order valence-corrected chi connectivity index (χ3v) is 3.37. The molecule has 0 saturated carbocycles. The van der Waals surface area contributed by atoms with Gasteiger partial charge in [0.05, 0.1) is 17.8 Å². The zero-order valence-electron chi connectivity index (χ0n) is 11.9. The van der Waals surface area contributed by atoms with Gasteiger partial charge in [0.25, 0.3) is 0 Å². The Balaban J connectivity index is 2.41. The number of benzene rings is 1. The van der Waals surface area contributed by atoms with E-state index in [-0.39, 0.29) is 23.6 Å². The number of anilines is 1. The molecule has 1 aliphatic heterocycles. The molecular formula is C14H18F3N3O. The molecule has 0 spiro atoms. The summed E-state index contributed by atoms with van der Waals surface area (Å²) >= 11 is 0. The Bertz CT molecular complexity index is 535. The van der Waals surface area contributed by atoms with Crippen LogP contribution in [0.1, 0.15) is 25.0 Å². The Morgan fingerprint density at radius 1 is 1.29 bits per heavy atom. The molecule has 3 N–H and O–H groups in total. The van der Waals surface area contributed by atoms with Crippen molar-refractivity contribution in [3.8, 4) is 0 Å². The van der Waals surface area contributed by atoms with Crippen LogP contribution in [-0.2, 0) is 10.9 Å². The van der Waals surface area contributed by atoms with E-state index in [2.05, 4.69) is 0 Å². The van der Waals surface area contributed by atoms with E-state index >= 15 is 0 Å². The van der Waals surface area contributed by atoms with Crippen LogP contribution >= 0.6 is 0 Å². The van der Waals surface area contributed by atoms with Crippen LogP contribution in [0.4, 0.5) is 18.9 Å². The molecule has 2 atom stereocenters. The lowest BCUT2D eigenvalue weighted by Crippen LogP contribution is -2.46. The molecule has 1 fully saturated rings. The van der Waals surface area contributed by atoms with Crippen molar-refractivity contribution < 1.29 is 17.9 Å². The highest BCUT2D eigenvalue weighted by molar-refractivity contribution is 6.00. The van der Waals surface area contributed by atoms with Crippen molar-refractivity contribution >= 4 is 11.5 Å². The number of morpholine rings is 1. The maximum atomic E-state index is 12.8. The van der Waals surface area contributed by atoms with Crippen molar-refractivity contribution in [2.75, 3.05) is 18.0 Å². The number of ether oxygens (including phenoxy) is 1. The highest BCUT2D eigenvalue weighted by Gasteiger charge is 2.32. The minimum Gasteiger partial charge on any atom is -0.384 e. The summed E-state index contributed by atoms with van der Waals surface area (Å²) in [4.78, 5) is 1.91. The number of nitrogen functional groups attached to an aromatic ring is 1. The fourth-order valence-corrected chi connectivity index (χ4v) is 2.58. The Kier molecular flexibility index (Phi) is 4.13. The number of nitrogens with one attached hydrogen (secondary N) is 1. The number of halogens is 3. The van der Waals surface area contributed by atoms with Gasteiger partial charge in [-0.15, -0.1) is 0 Å². The van der Waals surface area contributed by atoms with E-state index in [9.17, 15) is 13.2 Å². The fourth-order valence-electron chi connectivity index (χ4n) is 2.58. The third-order valence-electron chi connectivity index (χ3n) is 3.37. The molecule has 1 aromatic rings. The number of rotatable bonds is 2. The minimum atomic E-state index is -4.45. The summed E-state index contributed by atoms with van der Waals surface area (Å²) in [7, 11) is 0. The van der Waals surface area contributed by atoms with Gasteiger partial charge in [0, 0.05) is 24.3 Å². The van der Waals surface area contributed by atoms with E-state index in [4.69, 9.17) is 15.9 Å². The predicted octanol–water partition coefficient (Wildman–Crippen LogP) is 2.60. The number of amidine groups is 1. The number of hydrogen-bond donors (Lipinski definition) is 2. The quantitative estimate of drug-likeness (QED) is 0.652. The topological polar surface area (TPSA) is 62.3 Å². The molecular weight excluding hydrogens is 283 g/mol. The monoisotopic (exact) mass is 301 g/mol. The molecule has 0 bridgehead atoms. The second-order valence-electron chi connectivity index (χ2n) is 5.31. The maximum Gasteiger partial charge on any atom is 0.416 e. The average Bonchev–Trinajstić information content (AvgIpc) is 2.35. The molecule has 0 aromatic heterocycles. The van der Waals surface area contributed by atoms with Crippen molar-refractivity contribution in [1.29, 1.82) is 5.41 Å². The van der Waals surface area contributed by atoms with Gasteiger partial charge in [0.15, 0.2) is 0 Å². The molecule has 21 heavy (non-hydrogen) atoms. The number of nitrogens with two attached hydrogens (primary N) is 1. The largest absolute Gasteiger partial charge is 0.416 e. The minimum absolute atomic E-state index is 0.0316. The van der Waals surface area contributed by atoms with Crippen molar-refractivity contribution in [1.82, 2.24) is 0 Å². The number of hydrogen-bond acceptors (Lipinski definition) is 3. The van der Waals surface area contributed by atoms with Gasteiger partial charge < -0.3 is 15.4 Å². The zero-order valence-corrected chi connectivity index (χ0v) is 11.9. The first-order valence-electron chi connectivity index (χ1n) is 6.64. The lowest BCUT2D eigenvalue weighted by atomic mass is 10.0. The van der Waals surface area contributed by atoms with Crippen LogP contribution in [-0.4, -0.2) is 31.1 Å². The van der Waals surface area contributed by atoms with E-state index in [1.165, 1.54) is 6.07 Å². The van der Waals surface area contributed by atoms with Crippen molar-refractivity contribution in [2.45, 2.75) is 32.2 Å².